The number of hydrogen-bond acceptors (Lipinski definition) is 2. The van der Waals surface area contributed by atoms with Crippen LogP contribution in [0.5, 0.6) is 0 Å². The highest BCUT2D eigenvalue weighted by molar-refractivity contribution is 7.20. The average molecular weight is 273 g/mol. The number of thiophene rings is 1. The lowest BCUT2D eigenvalue weighted by Crippen LogP contribution is -2.37. The van der Waals surface area contributed by atoms with Crippen molar-refractivity contribution in [3.63, 3.8) is 0 Å². The number of carbonyl (C=O) groups is 1. The molecule has 0 spiro atoms. The largest absolute Gasteiger partial charge is 0.349 e. The molecule has 1 aliphatic rings. The van der Waals surface area contributed by atoms with Crippen LogP contribution in [0.3, 0.4) is 0 Å². The molecule has 1 aromatic carbocycles. The first kappa shape index (κ1) is 12.7. The predicted octanol–water partition coefficient (Wildman–Crippen LogP) is 4.21. The molecule has 1 saturated carbocycles. The van der Waals surface area contributed by atoms with Gasteiger partial charge in [-0.3, -0.25) is 4.79 Å². The molecular formula is C16H19NOS. The van der Waals surface area contributed by atoms with Gasteiger partial charge in [-0.2, -0.15) is 0 Å². The maximum Gasteiger partial charge on any atom is 0.261 e. The average Bonchev–Trinajstić information content (AvgIpc) is 2.82. The fourth-order valence-corrected chi connectivity index (χ4v) is 3.88. The Hall–Kier alpha value is -1.35. The van der Waals surface area contributed by atoms with Crippen molar-refractivity contribution in [1.82, 2.24) is 5.32 Å². The molecule has 2 aromatic rings. The van der Waals surface area contributed by atoms with Crippen molar-refractivity contribution in [2.24, 2.45) is 5.92 Å². The van der Waals surface area contributed by atoms with Crippen LogP contribution in [0.4, 0.5) is 0 Å². The van der Waals surface area contributed by atoms with Gasteiger partial charge in [-0.05, 0) is 36.3 Å². The first-order valence-electron chi connectivity index (χ1n) is 7.02. The number of nitrogens with one attached hydrogen (secondary N) is 1. The Morgan fingerprint density at radius 1 is 1.32 bits per heavy atom. The Labute approximate surface area is 117 Å². The number of amides is 1. The Kier molecular flexibility index (Phi) is 3.56. The van der Waals surface area contributed by atoms with Gasteiger partial charge >= 0.3 is 0 Å². The number of benzene rings is 1. The van der Waals surface area contributed by atoms with Crippen LogP contribution in [-0.4, -0.2) is 11.9 Å². The van der Waals surface area contributed by atoms with Crippen molar-refractivity contribution in [3.05, 3.63) is 35.2 Å². The zero-order valence-corrected chi connectivity index (χ0v) is 12.0. The van der Waals surface area contributed by atoms with Gasteiger partial charge < -0.3 is 5.32 Å². The van der Waals surface area contributed by atoms with Crippen LogP contribution in [0.1, 0.15) is 42.3 Å². The summed E-state index contributed by atoms with van der Waals surface area (Å²) in [5.74, 6) is 0.835. The van der Waals surface area contributed by atoms with E-state index in [1.165, 1.54) is 17.5 Å². The van der Waals surface area contributed by atoms with E-state index in [1.807, 2.05) is 18.2 Å². The molecule has 100 valence electrons. The molecular weight excluding hydrogens is 254 g/mol. The quantitative estimate of drug-likeness (QED) is 0.872. The molecule has 3 rings (SSSR count). The molecule has 2 unspecified atom stereocenters. The minimum atomic E-state index is 0.0975. The van der Waals surface area contributed by atoms with Crippen molar-refractivity contribution >= 4 is 27.3 Å². The molecule has 0 radical (unpaired) electrons. The van der Waals surface area contributed by atoms with Crippen molar-refractivity contribution < 1.29 is 4.79 Å². The molecule has 0 aliphatic heterocycles. The summed E-state index contributed by atoms with van der Waals surface area (Å²) in [6.45, 7) is 2.28. The number of carbonyl (C=O) groups excluding carboxylic acids is 1. The molecule has 1 fully saturated rings. The van der Waals surface area contributed by atoms with Gasteiger partial charge in [0.15, 0.2) is 0 Å². The molecule has 1 amide bonds. The van der Waals surface area contributed by atoms with Gasteiger partial charge in [0.25, 0.3) is 5.91 Å². The number of rotatable bonds is 2. The molecule has 2 atom stereocenters. The summed E-state index contributed by atoms with van der Waals surface area (Å²) in [7, 11) is 0. The second-order valence-electron chi connectivity index (χ2n) is 5.59. The Morgan fingerprint density at radius 3 is 2.95 bits per heavy atom. The monoisotopic (exact) mass is 273 g/mol. The third kappa shape index (κ3) is 2.81. The van der Waals surface area contributed by atoms with Gasteiger partial charge in [0.2, 0.25) is 0 Å². The highest BCUT2D eigenvalue weighted by Gasteiger charge is 2.21. The van der Waals surface area contributed by atoms with E-state index in [1.54, 1.807) is 11.3 Å². The van der Waals surface area contributed by atoms with E-state index in [0.29, 0.717) is 6.04 Å². The van der Waals surface area contributed by atoms with Crippen LogP contribution in [0, 0.1) is 5.92 Å². The van der Waals surface area contributed by atoms with Crippen LogP contribution in [0.25, 0.3) is 10.1 Å². The van der Waals surface area contributed by atoms with Gasteiger partial charge in [-0.25, -0.2) is 0 Å². The smallest absolute Gasteiger partial charge is 0.261 e. The summed E-state index contributed by atoms with van der Waals surface area (Å²) in [6, 6.07) is 10.5. The number of hydrogen-bond donors (Lipinski definition) is 1. The standard InChI is InChI=1S/C16H19NOS/c1-11-5-4-7-13(9-11)17-16(18)15-10-12-6-2-3-8-14(12)19-15/h2-3,6,8,10-11,13H,4-5,7,9H2,1H3,(H,17,18). The van der Waals surface area contributed by atoms with E-state index >= 15 is 0 Å². The maximum atomic E-state index is 12.3. The lowest BCUT2D eigenvalue weighted by atomic mass is 9.87. The minimum Gasteiger partial charge on any atom is -0.349 e. The second kappa shape index (κ2) is 5.33. The third-order valence-electron chi connectivity index (χ3n) is 3.92. The van der Waals surface area contributed by atoms with Crippen molar-refractivity contribution in [1.29, 1.82) is 0 Å². The molecule has 19 heavy (non-hydrogen) atoms. The topological polar surface area (TPSA) is 29.1 Å². The van der Waals surface area contributed by atoms with Crippen molar-refractivity contribution in [2.75, 3.05) is 0 Å². The Morgan fingerprint density at radius 2 is 2.16 bits per heavy atom. The zero-order chi connectivity index (χ0) is 13.2. The normalized spacial score (nSPS) is 23.4. The fourth-order valence-electron chi connectivity index (χ4n) is 2.92. The fraction of sp³-hybridized carbons (Fsp3) is 0.438. The highest BCUT2D eigenvalue weighted by Crippen LogP contribution is 2.27. The SMILES string of the molecule is CC1CCCC(NC(=O)c2cc3ccccc3s2)C1. The summed E-state index contributed by atoms with van der Waals surface area (Å²) < 4.78 is 1.18. The van der Waals surface area contributed by atoms with E-state index in [9.17, 15) is 4.79 Å². The van der Waals surface area contributed by atoms with Crippen molar-refractivity contribution in [3.8, 4) is 0 Å². The second-order valence-corrected chi connectivity index (χ2v) is 6.67. The molecule has 1 heterocycles. The van der Waals surface area contributed by atoms with E-state index < -0.39 is 0 Å². The van der Waals surface area contributed by atoms with E-state index in [-0.39, 0.29) is 5.91 Å². The zero-order valence-electron chi connectivity index (χ0n) is 11.2. The maximum absolute atomic E-state index is 12.3. The third-order valence-corrected chi connectivity index (χ3v) is 5.04. The summed E-state index contributed by atoms with van der Waals surface area (Å²) in [5.41, 5.74) is 0. The van der Waals surface area contributed by atoms with Crippen LogP contribution in [-0.2, 0) is 0 Å². The Balaban J connectivity index is 1.72. The van der Waals surface area contributed by atoms with Crippen LogP contribution >= 0.6 is 11.3 Å². The van der Waals surface area contributed by atoms with Gasteiger partial charge in [0, 0.05) is 10.7 Å². The van der Waals surface area contributed by atoms with Crippen LogP contribution < -0.4 is 5.32 Å². The van der Waals surface area contributed by atoms with Crippen LogP contribution in [0.2, 0.25) is 0 Å². The van der Waals surface area contributed by atoms with Gasteiger partial charge in [0.1, 0.15) is 0 Å². The lowest BCUT2D eigenvalue weighted by molar-refractivity contribution is 0.0925. The highest BCUT2D eigenvalue weighted by atomic mass is 32.1. The summed E-state index contributed by atoms with van der Waals surface area (Å²) in [6.07, 6.45) is 4.78. The van der Waals surface area contributed by atoms with Gasteiger partial charge in [0.05, 0.1) is 4.88 Å². The minimum absolute atomic E-state index is 0.0975. The van der Waals surface area contributed by atoms with Gasteiger partial charge in [-0.1, -0.05) is 38.0 Å². The predicted molar refractivity (Wildman–Crippen MR) is 80.7 cm³/mol. The molecule has 0 bridgehead atoms. The van der Waals surface area contributed by atoms with E-state index in [2.05, 4.69) is 24.4 Å². The molecule has 1 aromatic heterocycles. The molecule has 1 aliphatic carbocycles. The number of fused-ring (bicyclic) bond motifs is 1. The Bertz CT molecular complexity index is 556. The molecule has 1 N–H and O–H groups in total. The first-order valence-corrected chi connectivity index (χ1v) is 7.83. The summed E-state index contributed by atoms with van der Waals surface area (Å²) >= 11 is 1.58. The molecule has 2 nitrogen and oxygen atoms in total. The van der Waals surface area contributed by atoms with Crippen LogP contribution in [0.15, 0.2) is 30.3 Å². The summed E-state index contributed by atoms with van der Waals surface area (Å²) in [5, 5.41) is 4.36. The summed E-state index contributed by atoms with van der Waals surface area (Å²) in [4.78, 5) is 13.1. The van der Waals surface area contributed by atoms with Crippen molar-refractivity contribution in [2.45, 2.75) is 38.6 Å². The molecule has 3 heteroatoms. The van der Waals surface area contributed by atoms with E-state index in [0.717, 1.165) is 29.0 Å². The lowest BCUT2D eigenvalue weighted by Gasteiger charge is -2.27. The van der Waals surface area contributed by atoms with E-state index in [4.69, 9.17) is 0 Å². The first-order chi connectivity index (χ1) is 9.22. The van der Waals surface area contributed by atoms with Gasteiger partial charge in [-0.15, -0.1) is 11.3 Å². The molecule has 0 saturated heterocycles.